The number of rotatable bonds is 1. The molecule has 4 unspecified atom stereocenters. The van der Waals surface area contributed by atoms with Crippen LogP contribution in [0, 0.1) is 35.0 Å². The topological polar surface area (TPSA) is 37.3 Å². The lowest BCUT2D eigenvalue weighted by Crippen LogP contribution is -2.50. The molecule has 2 fully saturated rings. The van der Waals surface area contributed by atoms with Gasteiger partial charge < -0.3 is 5.11 Å². The van der Waals surface area contributed by atoms with E-state index in [4.69, 9.17) is 0 Å². The fourth-order valence-corrected chi connectivity index (χ4v) is 3.78. The number of Topliss-reactive ketones (excluding diaryl/α,β-unsaturated/α-hetero) is 1. The van der Waals surface area contributed by atoms with Crippen molar-refractivity contribution in [2.75, 3.05) is 0 Å². The second-order valence-corrected chi connectivity index (χ2v) is 7.10. The Bertz CT molecular complexity index is 407. The monoisotopic (exact) mass is 248 g/mol. The van der Waals surface area contributed by atoms with E-state index in [1.807, 2.05) is 20.8 Å². The molecule has 2 nitrogen and oxygen atoms in total. The molecule has 0 heterocycles. The Balaban J connectivity index is 2.32. The van der Waals surface area contributed by atoms with Crippen LogP contribution in [0.25, 0.3) is 0 Å². The summed E-state index contributed by atoms with van der Waals surface area (Å²) in [4.78, 5) is 11.1. The number of hydrogen-bond donors (Lipinski definition) is 1. The van der Waals surface area contributed by atoms with Gasteiger partial charge in [0.15, 0.2) is 0 Å². The van der Waals surface area contributed by atoms with E-state index in [2.05, 4.69) is 11.8 Å². The lowest BCUT2D eigenvalue weighted by atomic mass is 9.64. The molecule has 0 radical (unpaired) electrons. The van der Waals surface area contributed by atoms with E-state index in [-0.39, 0.29) is 17.1 Å². The van der Waals surface area contributed by atoms with Crippen molar-refractivity contribution in [3.63, 3.8) is 0 Å². The van der Waals surface area contributed by atoms with Crippen molar-refractivity contribution in [2.24, 2.45) is 23.2 Å². The normalized spacial score (nSPS) is 33.7. The Morgan fingerprint density at radius 1 is 1.22 bits per heavy atom. The summed E-state index contributed by atoms with van der Waals surface area (Å²) in [5, 5.41) is 11.1. The van der Waals surface area contributed by atoms with E-state index >= 15 is 0 Å². The Morgan fingerprint density at radius 2 is 1.89 bits per heavy atom. The zero-order valence-electron chi connectivity index (χ0n) is 11.9. The fourth-order valence-electron chi connectivity index (χ4n) is 3.78. The molecular weight excluding hydrogens is 224 g/mol. The maximum Gasteiger partial charge on any atom is 0.202 e. The van der Waals surface area contributed by atoms with Gasteiger partial charge in [0.25, 0.3) is 0 Å². The highest BCUT2D eigenvalue weighted by Crippen LogP contribution is 2.55. The number of fused-ring (bicyclic) bond motifs is 2. The third-order valence-electron chi connectivity index (χ3n) is 4.85. The first-order valence-electron chi connectivity index (χ1n) is 7.00. The van der Waals surface area contributed by atoms with Gasteiger partial charge in [0.05, 0.1) is 0 Å². The summed E-state index contributed by atoms with van der Waals surface area (Å²) in [5.74, 6) is 6.95. The van der Waals surface area contributed by atoms with Gasteiger partial charge in [0.1, 0.15) is 5.60 Å². The molecule has 0 amide bonds. The molecule has 2 rings (SSSR count). The lowest BCUT2D eigenvalue weighted by molar-refractivity contribution is -0.112. The van der Waals surface area contributed by atoms with Crippen LogP contribution in [0.2, 0.25) is 0 Å². The first-order chi connectivity index (χ1) is 8.24. The van der Waals surface area contributed by atoms with Crippen molar-refractivity contribution in [3.05, 3.63) is 0 Å². The van der Waals surface area contributed by atoms with Crippen LogP contribution in [0.15, 0.2) is 0 Å². The molecule has 2 aliphatic carbocycles. The SMILES string of the molecule is CC(=O)C#CC(O)(C1CC2CCC1C2)C(C)(C)C. The third kappa shape index (κ3) is 2.21. The molecule has 2 heteroatoms. The first kappa shape index (κ1) is 13.6. The minimum absolute atomic E-state index is 0.166. The van der Waals surface area contributed by atoms with Gasteiger partial charge in [-0.2, -0.15) is 0 Å². The zero-order chi connectivity index (χ0) is 13.6. The van der Waals surface area contributed by atoms with Gasteiger partial charge in [0.2, 0.25) is 5.78 Å². The van der Waals surface area contributed by atoms with Gasteiger partial charge in [-0.05, 0) is 37.0 Å². The van der Waals surface area contributed by atoms with Crippen LogP contribution in [-0.4, -0.2) is 16.5 Å². The van der Waals surface area contributed by atoms with Gasteiger partial charge in [-0.15, -0.1) is 0 Å². The summed E-state index contributed by atoms with van der Waals surface area (Å²) in [6.45, 7) is 7.52. The van der Waals surface area contributed by atoms with Gasteiger partial charge in [-0.1, -0.05) is 33.1 Å². The largest absolute Gasteiger partial charge is 0.377 e. The molecule has 0 aromatic heterocycles. The molecule has 0 saturated heterocycles. The van der Waals surface area contributed by atoms with Gasteiger partial charge in [-0.25, -0.2) is 0 Å². The van der Waals surface area contributed by atoms with Crippen LogP contribution in [0.5, 0.6) is 0 Å². The molecule has 100 valence electrons. The highest BCUT2D eigenvalue weighted by atomic mass is 16.3. The van der Waals surface area contributed by atoms with Gasteiger partial charge in [-0.3, -0.25) is 4.79 Å². The number of aliphatic hydroxyl groups is 1. The fraction of sp³-hybridized carbons (Fsp3) is 0.812. The third-order valence-corrected chi connectivity index (χ3v) is 4.85. The minimum atomic E-state index is -1.03. The zero-order valence-corrected chi connectivity index (χ0v) is 11.9. The first-order valence-corrected chi connectivity index (χ1v) is 7.00. The highest BCUT2D eigenvalue weighted by molar-refractivity contribution is 5.93. The van der Waals surface area contributed by atoms with Crippen LogP contribution in [-0.2, 0) is 4.79 Å². The highest BCUT2D eigenvalue weighted by Gasteiger charge is 2.54. The Kier molecular flexibility index (Phi) is 3.32. The van der Waals surface area contributed by atoms with E-state index in [9.17, 15) is 9.90 Å². The van der Waals surface area contributed by atoms with Crippen LogP contribution in [0.3, 0.4) is 0 Å². The summed E-state index contributed by atoms with van der Waals surface area (Å²) in [5.41, 5.74) is -1.34. The maximum absolute atomic E-state index is 11.1. The number of hydrogen-bond acceptors (Lipinski definition) is 2. The quantitative estimate of drug-likeness (QED) is 0.572. The van der Waals surface area contributed by atoms with Crippen LogP contribution >= 0.6 is 0 Å². The maximum atomic E-state index is 11.1. The minimum Gasteiger partial charge on any atom is -0.377 e. The average molecular weight is 248 g/mol. The second kappa shape index (κ2) is 4.38. The van der Waals surface area contributed by atoms with Crippen LogP contribution in [0.4, 0.5) is 0 Å². The molecule has 2 bridgehead atoms. The van der Waals surface area contributed by atoms with Crippen molar-refractivity contribution < 1.29 is 9.90 Å². The van der Waals surface area contributed by atoms with Crippen molar-refractivity contribution in [2.45, 2.75) is 59.0 Å². The molecule has 2 saturated carbocycles. The second-order valence-electron chi connectivity index (χ2n) is 7.10. The number of ketones is 1. The standard InChI is InChI=1S/C16H24O2/c1-11(17)7-8-16(18,15(2,3)4)14-10-12-5-6-13(14)9-12/h12-14,18H,5-6,9-10H2,1-4H3. The van der Waals surface area contributed by atoms with Gasteiger partial charge in [0, 0.05) is 18.3 Å². The Labute approximate surface area is 110 Å². The summed E-state index contributed by atoms with van der Waals surface area (Å²) < 4.78 is 0. The molecule has 0 aliphatic heterocycles. The van der Waals surface area contributed by atoms with E-state index in [0.29, 0.717) is 5.92 Å². The van der Waals surface area contributed by atoms with Crippen molar-refractivity contribution >= 4 is 5.78 Å². The van der Waals surface area contributed by atoms with Crippen molar-refractivity contribution in [1.82, 2.24) is 0 Å². The predicted octanol–water partition coefficient (Wildman–Crippen LogP) is 2.79. The van der Waals surface area contributed by atoms with E-state index < -0.39 is 5.60 Å². The van der Waals surface area contributed by atoms with E-state index in [0.717, 1.165) is 12.3 Å². The molecule has 18 heavy (non-hydrogen) atoms. The van der Waals surface area contributed by atoms with Crippen LogP contribution in [0.1, 0.15) is 53.4 Å². The summed E-state index contributed by atoms with van der Waals surface area (Å²) in [6, 6.07) is 0. The van der Waals surface area contributed by atoms with Crippen molar-refractivity contribution in [3.8, 4) is 11.8 Å². The molecule has 1 N–H and O–H groups in total. The lowest BCUT2D eigenvalue weighted by Gasteiger charge is -2.44. The van der Waals surface area contributed by atoms with E-state index in [1.54, 1.807) is 0 Å². The number of carbonyl (C=O) groups excluding carboxylic acids is 1. The molecular formula is C16H24O2. The molecule has 0 aromatic carbocycles. The van der Waals surface area contributed by atoms with Crippen LogP contribution < -0.4 is 0 Å². The molecule has 4 atom stereocenters. The smallest absolute Gasteiger partial charge is 0.202 e. The average Bonchev–Trinajstić information content (AvgIpc) is 2.85. The summed E-state index contributed by atoms with van der Waals surface area (Å²) in [6.07, 6.45) is 4.84. The number of carbonyl (C=O) groups is 1. The summed E-state index contributed by atoms with van der Waals surface area (Å²) >= 11 is 0. The Morgan fingerprint density at radius 3 is 2.28 bits per heavy atom. The molecule has 0 spiro atoms. The van der Waals surface area contributed by atoms with Crippen molar-refractivity contribution in [1.29, 1.82) is 0 Å². The van der Waals surface area contributed by atoms with E-state index in [1.165, 1.54) is 26.2 Å². The van der Waals surface area contributed by atoms with Gasteiger partial charge >= 0.3 is 0 Å². The molecule has 0 aromatic rings. The predicted molar refractivity (Wildman–Crippen MR) is 71.8 cm³/mol. The summed E-state index contributed by atoms with van der Waals surface area (Å²) in [7, 11) is 0. The molecule has 2 aliphatic rings. The Hall–Kier alpha value is -0.810.